The maximum atomic E-state index is 11.6. The van der Waals surface area contributed by atoms with Gasteiger partial charge in [-0.05, 0) is 13.3 Å². The van der Waals surface area contributed by atoms with Gasteiger partial charge in [0.25, 0.3) is 0 Å². The van der Waals surface area contributed by atoms with Crippen LogP contribution in [0, 0.1) is 6.92 Å². The Morgan fingerprint density at radius 2 is 2.62 bits per heavy atom. The number of likely N-dealkylation sites (tertiary alicyclic amines) is 1. The Hall–Kier alpha value is -1.40. The Bertz CT molecular complexity index is 377. The van der Waals surface area contributed by atoms with Gasteiger partial charge in [0.05, 0.1) is 12.2 Å². The third kappa shape index (κ3) is 2.80. The van der Waals surface area contributed by atoms with Gasteiger partial charge in [0, 0.05) is 25.2 Å². The highest BCUT2D eigenvalue weighted by Gasteiger charge is 2.21. The van der Waals surface area contributed by atoms with Crippen molar-refractivity contribution >= 4 is 11.8 Å². The normalized spacial score (nSPS) is 21.2. The van der Waals surface area contributed by atoms with Crippen molar-refractivity contribution in [1.82, 2.24) is 10.1 Å². The van der Waals surface area contributed by atoms with Crippen LogP contribution in [-0.2, 0) is 4.79 Å². The molecule has 0 radical (unpaired) electrons. The number of nitrogens with zero attached hydrogens (tertiary/aromatic N) is 2. The monoisotopic (exact) mass is 224 g/mol. The zero-order valence-corrected chi connectivity index (χ0v) is 9.27. The first-order valence-electron chi connectivity index (χ1n) is 5.34. The molecule has 88 valence electrons. The third-order valence-electron chi connectivity index (χ3n) is 2.57. The molecular weight excluding hydrogens is 208 g/mol. The third-order valence-corrected chi connectivity index (χ3v) is 2.57. The Balaban J connectivity index is 1.80. The van der Waals surface area contributed by atoms with Crippen LogP contribution in [0.2, 0.25) is 0 Å². The average Bonchev–Trinajstić information content (AvgIpc) is 2.76. The Morgan fingerprint density at radius 1 is 1.81 bits per heavy atom. The summed E-state index contributed by atoms with van der Waals surface area (Å²) in [6.45, 7) is 3.82. The van der Waals surface area contributed by atoms with E-state index >= 15 is 0 Å². The molecule has 16 heavy (non-hydrogen) atoms. The summed E-state index contributed by atoms with van der Waals surface area (Å²) in [5, 5.41) is 6.34. The molecule has 0 aromatic carbocycles. The smallest absolute Gasteiger partial charge is 0.240 e. The number of amides is 1. The van der Waals surface area contributed by atoms with Gasteiger partial charge < -0.3 is 10.3 Å². The Morgan fingerprint density at radius 3 is 3.19 bits per heavy atom. The molecule has 2 heterocycles. The molecule has 1 aromatic rings. The summed E-state index contributed by atoms with van der Waals surface area (Å²) in [6.07, 6.45) is 0.953. The van der Waals surface area contributed by atoms with E-state index in [0.29, 0.717) is 12.4 Å². The number of nitrogens with two attached hydrogens (primary N) is 1. The topological polar surface area (TPSA) is 84.4 Å². The number of carbonyl (C=O) groups excluding carboxylic acids is 1. The highest BCUT2D eigenvalue weighted by Crippen LogP contribution is 2.10. The molecule has 1 aliphatic rings. The van der Waals surface area contributed by atoms with E-state index in [0.717, 1.165) is 25.2 Å². The van der Waals surface area contributed by atoms with Gasteiger partial charge in [0.15, 0.2) is 0 Å². The lowest BCUT2D eigenvalue weighted by molar-refractivity contribution is -0.117. The van der Waals surface area contributed by atoms with Crippen LogP contribution in [0.1, 0.15) is 12.1 Å². The Kier molecular flexibility index (Phi) is 3.21. The number of nitrogens with one attached hydrogen (secondary N) is 1. The average molecular weight is 224 g/mol. The molecule has 0 saturated carbocycles. The maximum absolute atomic E-state index is 11.6. The fourth-order valence-corrected chi connectivity index (χ4v) is 1.81. The summed E-state index contributed by atoms with van der Waals surface area (Å²) in [5.74, 6) is 0.302. The highest BCUT2D eigenvalue weighted by molar-refractivity contribution is 5.90. The molecule has 1 atom stereocenters. The van der Waals surface area contributed by atoms with Crippen molar-refractivity contribution in [2.45, 2.75) is 19.4 Å². The van der Waals surface area contributed by atoms with Gasteiger partial charge in [-0.15, -0.1) is 0 Å². The van der Waals surface area contributed by atoms with Crippen molar-refractivity contribution in [1.29, 1.82) is 0 Å². The van der Waals surface area contributed by atoms with Crippen molar-refractivity contribution in [2.24, 2.45) is 5.73 Å². The number of carbonyl (C=O) groups is 1. The van der Waals surface area contributed by atoms with E-state index in [1.54, 1.807) is 13.0 Å². The minimum absolute atomic E-state index is 0.0924. The van der Waals surface area contributed by atoms with Crippen molar-refractivity contribution in [2.75, 3.05) is 25.0 Å². The summed E-state index contributed by atoms with van der Waals surface area (Å²) < 4.78 is 4.90. The Labute approximate surface area is 93.8 Å². The number of anilines is 1. The van der Waals surface area contributed by atoms with Gasteiger partial charge in [-0.25, -0.2) is 0 Å². The first kappa shape index (κ1) is 11.1. The van der Waals surface area contributed by atoms with Crippen LogP contribution in [-0.4, -0.2) is 41.6 Å². The minimum atomic E-state index is -0.0924. The van der Waals surface area contributed by atoms with Crippen molar-refractivity contribution in [3.63, 3.8) is 0 Å². The van der Waals surface area contributed by atoms with Crippen LogP contribution >= 0.6 is 0 Å². The number of aromatic nitrogens is 1. The second kappa shape index (κ2) is 4.63. The second-order valence-electron chi connectivity index (χ2n) is 4.16. The van der Waals surface area contributed by atoms with Gasteiger partial charge in [-0.1, -0.05) is 5.16 Å². The van der Waals surface area contributed by atoms with Crippen molar-refractivity contribution in [3.8, 4) is 0 Å². The zero-order valence-electron chi connectivity index (χ0n) is 9.27. The molecule has 3 N–H and O–H groups in total. The fraction of sp³-hybridized carbons (Fsp3) is 0.600. The standard InChI is InChI=1S/C10H16N4O2/c1-7-4-10(16-13-7)12-9(15)6-14-3-2-8(11)5-14/h4,8H,2-3,5-6,11H2,1H3,(H,12,15). The first-order chi connectivity index (χ1) is 7.63. The second-order valence-corrected chi connectivity index (χ2v) is 4.16. The summed E-state index contributed by atoms with van der Waals surface area (Å²) in [7, 11) is 0. The van der Waals surface area contributed by atoms with E-state index in [-0.39, 0.29) is 11.9 Å². The summed E-state index contributed by atoms with van der Waals surface area (Å²) in [6, 6.07) is 1.88. The van der Waals surface area contributed by atoms with Crippen LogP contribution < -0.4 is 11.1 Å². The molecule has 1 amide bonds. The molecular formula is C10H16N4O2. The van der Waals surface area contributed by atoms with Crippen molar-refractivity contribution < 1.29 is 9.32 Å². The van der Waals surface area contributed by atoms with Gasteiger partial charge in [-0.2, -0.15) is 0 Å². The lowest BCUT2D eigenvalue weighted by Gasteiger charge is -2.13. The number of rotatable bonds is 3. The molecule has 2 rings (SSSR count). The molecule has 6 nitrogen and oxygen atoms in total. The van der Waals surface area contributed by atoms with Crippen molar-refractivity contribution in [3.05, 3.63) is 11.8 Å². The van der Waals surface area contributed by atoms with E-state index in [2.05, 4.69) is 10.5 Å². The molecule has 0 bridgehead atoms. The van der Waals surface area contributed by atoms with E-state index < -0.39 is 0 Å². The molecule has 0 spiro atoms. The van der Waals surface area contributed by atoms with Gasteiger partial charge in [0.1, 0.15) is 0 Å². The van der Waals surface area contributed by atoms with E-state index in [9.17, 15) is 4.79 Å². The predicted octanol–water partition coefficient (Wildman–Crippen LogP) is -0.0455. The fourth-order valence-electron chi connectivity index (χ4n) is 1.81. The molecule has 1 aliphatic heterocycles. The number of hydrogen-bond acceptors (Lipinski definition) is 5. The van der Waals surface area contributed by atoms with Gasteiger partial charge in [0.2, 0.25) is 11.8 Å². The minimum Gasteiger partial charge on any atom is -0.338 e. The zero-order chi connectivity index (χ0) is 11.5. The molecule has 1 unspecified atom stereocenters. The number of aryl methyl sites for hydroxylation is 1. The van der Waals surface area contributed by atoms with Crippen LogP contribution in [0.3, 0.4) is 0 Å². The van der Waals surface area contributed by atoms with E-state index in [4.69, 9.17) is 10.3 Å². The quantitative estimate of drug-likeness (QED) is 0.752. The molecule has 0 aliphatic carbocycles. The van der Waals surface area contributed by atoms with E-state index in [1.165, 1.54) is 0 Å². The maximum Gasteiger partial charge on any atom is 0.240 e. The molecule has 1 aromatic heterocycles. The van der Waals surface area contributed by atoms with Crippen LogP contribution in [0.15, 0.2) is 10.6 Å². The summed E-state index contributed by atoms with van der Waals surface area (Å²) in [5.41, 5.74) is 6.50. The van der Waals surface area contributed by atoms with E-state index in [1.807, 2.05) is 4.90 Å². The summed E-state index contributed by atoms with van der Waals surface area (Å²) in [4.78, 5) is 13.6. The highest BCUT2D eigenvalue weighted by atomic mass is 16.5. The predicted molar refractivity (Wildman–Crippen MR) is 58.9 cm³/mol. The molecule has 1 saturated heterocycles. The van der Waals surface area contributed by atoms with Gasteiger partial charge >= 0.3 is 0 Å². The SMILES string of the molecule is Cc1cc(NC(=O)CN2CCC(N)C2)on1. The lowest BCUT2D eigenvalue weighted by atomic mass is 10.3. The molecule has 6 heteroatoms. The largest absolute Gasteiger partial charge is 0.338 e. The van der Waals surface area contributed by atoms with Crippen LogP contribution in [0.5, 0.6) is 0 Å². The lowest BCUT2D eigenvalue weighted by Crippen LogP contribution is -2.33. The first-order valence-corrected chi connectivity index (χ1v) is 5.34. The van der Waals surface area contributed by atoms with Gasteiger partial charge in [-0.3, -0.25) is 15.0 Å². The number of hydrogen-bond donors (Lipinski definition) is 2. The van der Waals surface area contributed by atoms with Crippen LogP contribution in [0.25, 0.3) is 0 Å². The van der Waals surface area contributed by atoms with Crippen LogP contribution in [0.4, 0.5) is 5.88 Å². The molecule has 1 fully saturated rings. The summed E-state index contributed by atoms with van der Waals surface area (Å²) >= 11 is 0.